The number of hydrogen-bond donors (Lipinski definition) is 1. The van der Waals surface area contributed by atoms with Crippen LogP contribution in [-0.2, 0) is 0 Å². The molecule has 0 spiro atoms. The fraction of sp³-hybridized carbons (Fsp3) is 0.286. The maximum Gasteiger partial charge on any atom is 0.227 e. The van der Waals surface area contributed by atoms with Crippen molar-refractivity contribution in [2.45, 2.75) is 26.7 Å². The molecule has 1 aromatic heterocycles. The normalized spacial score (nSPS) is 10.9. The molecule has 0 unspecified atom stereocenters. The van der Waals surface area contributed by atoms with E-state index in [4.69, 9.17) is 10.5 Å². The van der Waals surface area contributed by atoms with Crippen molar-refractivity contribution >= 4 is 21.7 Å². The third kappa shape index (κ3) is 3.07. The SMILES string of the molecule is Cc1c(N)nc(C(C)C)nc1Oc1ccc(Br)cc1F. The Labute approximate surface area is 125 Å². The van der Waals surface area contributed by atoms with Crippen LogP contribution in [0, 0.1) is 12.7 Å². The molecular weight excluding hydrogens is 325 g/mol. The summed E-state index contributed by atoms with van der Waals surface area (Å²) in [5.41, 5.74) is 6.44. The first-order valence-electron chi connectivity index (χ1n) is 6.15. The number of nitrogens with zero attached hydrogens (tertiary/aromatic N) is 2. The van der Waals surface area contributed by atoms with Gasteiger partial charge in [-0.3, -0.25) is 0 Å². The second-order valence-electron chi connectivity index (χ2n) is 4.73. The van der Waals surface area contributed by atoms with E-state index in [1.54, 1.807) is 13.0 Å². The summed E-state index contributed by atoms with van der Waals surface area (Å²) >= 11 is 3.20. The van der Waals surface area contributed by atoms with Gasteiger partial charge in [0.25, 0.3) is 0 Å². The van der Waals surface area contributed by atoms with E-state index in [9.17, 15) is 4.39 Å². The summed E-state index contributed by atoms with van der Waals surface area (Å²) in [6.45, 7) is 5.65. The van der Waals surface area contributed by atoms with E-state index in [0.717, 1.165) is 0 Å². The van der Waals surface area contributed by atoms with Crippen LogP contribution in [0.4, 0.5) is 10.2 Å². The summed E-state index contributed by atoms with van der Waals surface area (Å²) in [6.07, 6.45) is 0. The Morgan fingerprint density at radius 3 is 2.60 bits per heavy atom. The lowest BCUT2D eigenvalue weighted by Gasteiger charge is -2.13. The maximum atomic E-state index is 13.8. The molecule has 2 rings (SSSR count). The lowest BCUT2D eigenvalue weighted by atomic mass is 10.2. The molecule has 1 heterocycles. The van der Waals surface area contributed by atoms with Crippen molar-refractivity contribution in [1.29, 1.82) is 0 Å². The summed E-state index contributed by atoms with van der Waals surface area (Å²) in [7, 11) is 0. The topological polar surface area (TPSA) is 61.0 Å². The number of anilines is 1. The van der Waals surface area contributed by atoms with Gasteiger partial charge in [0.15, 0.2) is 11.6 Å². The zero-order chi connectivity index (χ0) is 14.9. The Kier molecular flexibility index (Phi) is 4.23. The molecule has 2 N–H and O–H groups in total. The largest absolute Gasteiger partial charge is 0.435 e. The van der Waals surface area contributed by atoms with E-state index >= 15 is 0 Å². The first kappa shape index (κ1) is 14.7. The van der Waals surface area contributed by atoms with Crippen molar-refractivity contribution in [3.05, 3.63) is 39.9 Å². The quantitative estimate of drug-likeness (QED) is 0.910. The molecule has 0 bridgehead atoms. The summed E-state index contributed by atoms with van der Waals surface area (Å²) in [6, 6.07) is 4.56. The number of benzene rings is 1. The molecule has 0 atom stereocenters. The lowest BCUT2D eigenvalue weighted by molar-refractivity contribution is 0.420. The second-order valence-corrected chi connectivity index (χ2v) is 5.64. The van der Waals surface area contributed by atoms with E-state index in [-0.39, 0.29) is 17.5 Å². The summed E-state index contributed by atoms with van der Waals surface area (Å²) in [4.78, 5) is 8.50. The van der Waals surface area contributed by atoms with Gasteiger partial charge in [-0.25, -0.2) is 9.37 Å². The second kappa shape index (κ2) is 5.75. The van der Waals surface area contributed by atoms with Crippen LogP contribution < -0.4 is 10.5 Å². The predicted molar refractivity (Wildman–Crippen MR) is 79.4 cm³/mol. The van der Waals surface area contributed by atoms with Crippen LogP contribution in [0.2, 0.25) is 0 Å². The molecule has 6 heteroatoms. The van der Waals surface area contributed by atoms with Gasteiger partial charge in [0.1, 0.15) is 11.6 Å². The van der Waals surface area contributed by atoms with Crippen LogP contribution in [0.5, 0.6) is 11.6 Å². The van der Waals surface area contributed by atoms with Gasteiger partial charge in [-0.15, -0.1) is 0 Å². The molecular formula is C14H15BrFN3O. The average molecular weight is 340 g/mol. The zero-order valence-corrected chi connectivity index (χ0v) is 13.0. The lowest BCUT2D eigenvalue weighted by Crippen LogP contribution is -2.06. The van der Waals surface area contributed by atoms with Crippen molar-refractivity contribution in [1.82, 2.24) is 9.97 Å². The van der Waals surface area contributed by atoms with Gasteiger partial charge in [0.2, 0.25) is 5.88 Å². The maximum absolute atomic E-state index is 13.8. The molecule has 4 nitrogen and oxygen atoms in total. The first-order chi connectivity index (χ1) is 9.38. The Hall–Kier alpha value is -1.69. The van der Waals surface area contributed by atoms with Crippen molar-refractivity contribution in [2.75, 3.05) is 5.73 Å². The molecule has 0 saturated carbocycles. The van der Waals surface area contributed by atoms with Crippen LogP contribution in [0.3, 0.4) is 0 Å². The monoisotopic (exact) mass is 339 g/mol. The van der Waals surface area contributed by atoms with E-state index in [1.807, 2.05) is 13.8 Å². The third-order valence-corrected chi connectivity index (χ3v) is 3.27. The highest BCUT2D eigenvalue weighted by molar-refractivity contribution is 9.10. The summed E-state index contributed by atoms with van der Waals surface area (Å²) in [5, 5.41) is 0. The molecule has 0 saturated heterocycles. The molecule has 0 amide bonds. The van der Waals surface area contributed by atoms with E-state index in [2.05, 4.69) is 25.9 Å². The van der Waals surface area contributed by atoms with E-state index in [1.165, 1.54) is 12.1 Å². The van der Waals surface area contributed by atoms with Gasteiger partial charge in [-0.2, -0.15) is 4.98 Å². The number of nitrogens with two attached hydrogens (primary N) is 1. The molecule has 106 valence electrons. The van der Waals surface area contributed by atoms with E-state index < -0.39 is 5.82 Å². The van der Waals surface area contributed by atoms with Crippen molar-refractivity contribution in [3.8, 4) is 11.6 Å². The highest BCUT2D eigenvalue weighted by atomic mass is 79.9. The fourth-order valence-electron chi connectivity index (χ4n) is 1.55. The standard InChI is InChI=1S/C14H15BrFN3O/c1-7(2)13-18-12(17)8(3)14(19-13)20-11-5-4-9(15)6-10(11)16/h4-7H,1-3H3,(H2,17,18,19). The molecule has 0 aliphatic rings. The fourth-order valence-corrected chi connectivity index (χ4v) is 1.88. The minimum absolute atomic E-state index is 0.101. The van der Waals surface area contributed by atoms with Crippen LogP contribution in [0.15, 0.2) is 22.7 Å². The molecule has 20 heavy (non-hydrogen) atoms. The number of hydrogen-bond acceptors (Lipinski definition) is 4. The molecule has 0 fully saturated rings. The highest BCUT2D eigenvalue weighted by Gasteiger charge is 2.14. The molecule has 0 radical (unpaired) electrons. The molecule has 0 aliphatic heterocycles. The summed E-state index contributed by atoms with van der Waals surface area (Å²) in [5.74, 6) is 0.931. The van der Waals surface area contributed by atoms with Crippen molar-refractivity contribution in [2.24, 2.45) is 0 Å². The minimum Gasteiger partial charge on any atom is -0.435 e. The number of ether oxygens (including phenoxy) is 1. The van der Waals surface area contributed by atoms with Gasteiger partial charge in [-0.1, -0.05) is 29.8 Å². The van der Waals surface area contributed by atoms with Crippen LogP contribution in [-0.4, -0.2) is 9.97 Å². The minimum atomic E-state index is -0.470. The van der Waals surface area contributed by atoms with E-state index in [0.29, 0.717) is 21.7 Å². The Morgan fingerprint density at radius 2 is 2.00 bits per heavy atom. The van der Waals surface area contributed by atoms with Crippen molar-refractivity contribution in [3.63, 3.8) is 0 Å². The zero-order valence-electron chi connectivity index (χ0n) is 11.4. The first-order valence-corrected chi connectivity index (χ1v) is 6.94. The van der Waals surface area contributed by atoms with Gasteiger partial charge in [0, 0.05) is 10.4 Å². The number of rotatable bonds is 3. The number of aromatic nitrogens is 2. The third-order valence-electron chi connectivity index (χ3n) is 2.77. The van der Waals surface area contributed by atoms with Crippen LogP contribution in [0.25, 0.3) is 0 Å². The predicted octanol–water partition coefficient (Wildman–Crippen LogP) is 4.18. The Balaban J connectivity index is 2.42. The van der Waals surface area contributed by atoms with Crippen LogP contribution in [0.1, 0.15) is 31.2 Å². The van der Waals surface area contributed by atoms with Crippen molar-refractivity contribution < 1.29 is 9.13 Å². The smallest absolute Gasteiger partial charge is 0.227 e. The highest BCUT2D eigenvalue weighted by Crippen LogP contribution is 2.30. The molecule has 2 aromatic rings. The molecule has 0 aliphatic carbocycles. The van der Waals surface area contributed by atoms with Gasteiger partial charge in [-0.05, 0) is 25.1 Å². The summed E-state index contributed by atoms with van der Waals surface area (Å²) < 4.78 is 20.0. The van der Waals surface area contributed by atoms with Crippen LogP contribution >= 0.6 is 15.9 Å². The number of halogens is 2. The molecule has 1 aromatic carbocycles. The number of nitrogen functional groups attached to an aromatic ring is 1. The Morgan fingerprint density at radius 1 is 1.30 bits per heavy atom. The van der Waals surface area contributed by atoms with Gasteiger partial charge < -0.3 is 10.5 Å². The van der Waals surface area contributed by atoms with Gasteiger partial charge >= 0.3 is 0 Å². The van der Waals surface area contributed by atoms with Gasteiger partial charge in [0.05, 0.1) is 5.56 Å². The average Bonchev–Trinajstić information content (AvgIpc) is 2.37. The Bertz CT molecular complexity index is 647.